The predicted octanol–water partition coefficient (Wildman–Crippen LogP) is 4.07. The Hall–Kier alpha value is -0.540. The van der Waals surface area contributed by atoms with E-state index in [4.69, 9.17) is 4.74 Å². The highest BCUT2D eigenvalue weighted by molar-refractivity contribution is 9.10. The van der Waals surface area contributed by atoms with Gasteiger partial charge in [0, 0.05) is 10.0 Å². The van der Waals surface area contributed by atoms with Crippen LogP contribution in [0.25, 0.3) is 0 Å². The molecule has 0 unspecified atom stereocenters. The van der Waals surface area contributed by atoms with Crippen LogP contribution in [0.15, 0.2) is 22.7 Å². The number of aliphatic hydroxyl groups is 1. The van der Waals surface area contributed by atoms with E-state index in [9.17, 15) is 5.11 Å². The summed E-state index contributed by atoms with van der Waals surface area (Å²) in [7, 11) is 0. The summed E-state index contributed by atoms with van der Waals surface area (Å²) in [4.78, 5) is 0. The van der Waals surface area contributed by atoms with E-state index in [-0.39, 0.29) is 0 Å². The minimum Gasteiger partial charge on any atom is -0.493 e. The maximum absolute atomic E-state index is 9.60. The molecule has 0 amide bonds. The standard InChI is InChI=1S/C13H19BrO2/c1-3-4-5-8-16-13-9-11(14)6-7-12(13)10(2)15/h6-7,9-10,15H,3-5,8H2,1-2H3/t10-/m0/s1. The molecule has 0 saturated carbocycles. The van der Waals surface area contributed by atoms with Gasteiger partial charge < -0.3 is 9.84 Å². The first-order valence-corrected chi connectivity index (χ1v) is 6.54. The van der Waals surface area contributed by atoms with Gasteiger partial charge in [-0.1, -0.05) is 41.8 Å². The molecule has 0 radical (unpaired) electrons. The van der Waals surface area contributed by atoms with Gasteiger partial charge in [0.25, 0.3) is 0 Å². The topological polar surface area (TPSA) is 29.5 Å². The molecule has 1 aromatic carbocycles. The summed E-state index contributed by atoms with van der Waals surface area (Å²) in [6.45, 7) is 4.63. The molecule has 0 aromatic heterocycles. The van der Waals surface area contributed by atoms with Gasteiger partial charge in [0.1, 0.15) is 5.75 Å². The number of hydrogen-bond acceptors (Lipinski definition) is 2. The van der Waals surface area contributed by atoms with Gasteiger partial charge in [-0.3, -0.25) is 0 Å². The van der Waals surface area contributed by atoms with Gasteiger partial charge in [-0.05, 0) is 25.5 Å². The van der Waals surface area contributed by atoms with Crippen LogP contribution in [0.3, 0.4) is 0 Å². The number of ether oxygens (including phenoxy) is 1. The van der Waals surface area contributed by atoms with E-state index < -0.39 is 6.10 Å². The summed E-state index contributed by atoms with van der Waals surface area (Å²) < 4.78 is 6.67. The van der Waals surface area contributed by atoms with Crippen LogP contribution in [0.5, 0.6) is 5.75 Å². The molecule has 0 aliphatic rings. The Morgan fingerprint density at radius 1 is 1.38 bits per heavy atom. The third kappa shape index (κ3) is 4.14. The third-order valence-electron chi connectivity index (χ3n) is 2.43. The van der Waals surface area contributed by atoms with Crippen molar-refractivity contribution in [1.82, 2.24) is 0 Å². The molecule has 0 aliphatic heterocycles. The summed E-state index contributed by atoms with van der Waals surface area (Å²) in [5, 5.41) is 9.60. The zero-order valence-corrected chi connectivity index (χ0v) is 11.5. The maximum Gasteiger partial charge on any atom is 0.126 e. The van der Waals surface area contributed by atoms with Crippen LogP contribution in [-0.2, 0) is 0 Å². The van der Waals surface area contributed by atoms with E-state index in [1.165, 1.54) is 12.8 Å². The molecule has 0 heterocycles. The first kappa shape index (κ1) is 13.5. The van der Waals surface area contributed by atoms with Crippen molar-refractivity contribution in [1.29, 1.82) is 0 Å². The summed E-state index contributed by atoms with van der Waals surface area (Å²) in [6, 6.07) is 5.72. The predicted molar refractivity (Wildman–Crippen MR) is 69.8 cm³/mol. The highest BCUT2D eigenvalue weighted by Crippen LogP contribution is 2.28. The summed E-state index contributed by atoms with van der Waals surface area (Å²) in [6.07, 6.45) is 2.93. The lowest BCUT2D eigenvalue weighted by atomic mass is 10.1. The fourth-order valence-electron chi connectivity index (χ4n) is 1.51. The molecule has 2 nitrogen and oxygen atoms in total. The molecule has 90 valence electrons. The van der Waals surface area contributed by atoms with Gasteiger partial charge in [0.05, 0.1) is 12.7 Å². The highest BCUT2D eigenvalue weighted by Gasteiger charge is 2.09. The zero-order valence-electron chi connectivity index (χ0n) is 9.87. The van der Waals surface area contributed by atoms with Gasteiger partial charge in [-0.25, -0.2) is 0 Å². The van der Waals surface area contributed by atoms with Gasteiger partial charge in [-0.15, -0.1) is 0 Å². The van der Waals surface area contributed by atoms with E-state index in [1.54, 1.807) is 6.92 Å². The minimum absolute atomic E-state index is 0.491. The monoisotopic (exact) mass is 286 g/mol. The molecule has 1 N–H and O–H groups in total. The van der Waals surface area contributed by atoms with Crippen LogP contribution in [0.4, 0.5) is 0 Å². The number of unbranched alkanes of at least 4 members (excludes halogenated alkanes) is 2. The molecular formula is C13H19BrO2. The lowest BCUT2D eigenvalue weighted by Crippen LogP contribution is -2.02. The Balaban J connectivity index is 2.65. The summed E-state index contributed by atoms with van der Waals surface area (Å²) >= 11 is 3.41. The van der Waals surface area contributed by atoms with Crippen molar-refractivity contribution in [3.63, 3.8) is 0 Å². The van der Waals surface area contributed by atoms with Gasteiger partial charge in [-0.2, -0.15) is 0 Å². The highest BCUT2D eigenvalue weighted by atomic mass is 79.9. The van der Waals surface area contributed by atoms with Crippen molar-refractivity contribution in [2.24, 2.45) is 0 Å². The van der Waals surface area contributed by atoms with Crippen LogP contribution in [0, 0.1) is 0 Å². The lowest BCUT2D eigenvalue weighted by molar-refractivity contribution is 0.190. The zero-order chi connectivity index (χ0) is 12.0. The van der Waals surface area contributed by atoms with Crippen molar-refractivity contribution >= 4 is 15.9 Å². The molecule has 0 fully saturated rings. The SMILES string of the molecule is CCCCCOc1cc(Br)ccc1[C@H](C)O. The second-order valence-electron chi connectivity index (χ2n) is 3.91. The molecule has 1 aromatic rings. The first-order valence-electron chi connectivity index (χ1n) is 5.75. The number of rotatable bonds is 6. The summed E-state index contributed by atoms with van der Waals surface area (Å²) in [5.74, 6) is 0.778. The second-order valence-corrected chi connectivity index (χ2v) is 4.83. The fraction of sp³-hybridized carbons (Fsp3) is 0.538. The molecule has 0 aliphatic carbocycles. The third-order valence-corrected chi connectivity index (χ3v) is 2.92. The van der Waals surface area contributed by atoms with Gasteiger partial charge in [0.15, 0.2) is 0 Å². The maximum atomic E-state index is 9.60. The van der Waals surface area contributed by atoms with Crippen molar-refractivity contribution in [3.8, 4) is 5.75 Å². The lowest BCUT2D eigenvalue weighted by Gasteiger charge is -2.13. The van der Waals surface area contributed by atoms with Crippen molar-refractivity contribution < 1.29 is 9.84 Å². The summed E-state index contributed by atoms with van der Waals surface area (Å²) in [5.41, 5.74) is 0.847. The van der Waals surface area contributed by atoms with E-state index >= 15 is 0 Å². The Kier molecular flexibility index (Phi) is 5.85. The van der Waals surface area contributed by atoms with Crippen LogP contribution in [0.2, 0.25) is 0 Å². The van der Waals surface area contributed by atoms with Crippen molar-refractivity contribution in [3.05, 3.63) is 28.2 Å². The molecule has 3 heteroatoms. The number of hydrogen-bond donors (Lipinski definition) is 1. The Bertz CT molecular complexity index is 324. The average Bonchev–Trinajstić information content (AvgIpc) is 2.24. The first-order chi connectivity index (χ1) is 7.65. The van der Waals surface area contributed by atoms with E-state index in [2.05, 4.69) is 22.9 Å². The average molecular weight is 287 g/mol. The largest absolute Gasteiger partial charge is 0.493 e. The molecular weight excluding hydrogens is 268 g/mol. The smallest absolute Gasteiger partial charge is 0.126 e. The molecule has 0 bridgehead atoms. The molecule has 1 rings (SSSR count). The number of benzene rings is 1. The molecule has 1 atom stereocenters. The van der Waals surface area contributed by atoms with E-state index in [0.29, 0.717) is 6.61 Å². The Morgan fingerprint density at radius 2 is 2.12 bits per heavy atom. The molecule has 16 heavy (non-hydrogen) atoms. The fourth-order valence-corrected chi connectivity index (χ4v) is 1.85. The van der Waals surface area contributed by atoms with Crippen molar-refractivity contribution in [2.75, 3.05) is 6.61 Å². The normalized spacial score (nSPS) is 12.5. The van der Waals surface area contributed by atoms with Crippen molar-refractivity contribution in [2.45, 2.75) is 39.2 Å². The van der Waals surface area contributed by atoms with Gasteiger partial charge in [0.2, 0.25) is 0 Å². The quantitative estimate of drug-likeness (QED) is 0.799. The van der Waals surface area contributed by atoms with Crippen LogP contribution in [-0.4, -0.2) is 11.7 Å². The Morgan fingerprint density at radius 3 is 2.75 bits per heavy atom. The molecule has 0 spiro atoms. The van der Waals surface area contributed by atoms with Crippen LogP contribution >= 0.6 is 15.9 Å². The van der Waals surface area contributed by atoms with Crippen LogP contribution < -0.4 is 4.74 Å². The van der Waals surface area contributed by atoms with E-state index in [0.717, 1.165) is 22.2 Å². The van der Waals surface area contributed by atoms with E-state index in [1.807, 2.05) is 18.2 Å². The second kappa shape index (κ2) is 6.92. The minimum atomic E-state index is -0.491. The molecule has 0 saturated heterocycles. The number of aliphatic hydroxyl groups excluding tert-OH is 1. The van der Waals surface area contributed by atoms with Gasteiger partial charge >= 0.3 is 0 Å². The number of halogens is 1. The van der Waals surface area contributed by atoms with Crippen LogP contribution in [0.1, 0.15) is 44.8 Å². The Labute approximate surface area is 106 Å².